The zero-order valence-electron chi connectivity index (χ0n) is 12.7. The summed E-state index contributed by atoms with van der Waals surface area (Å²) < 4.78 is 13.2. The van der Waals surface area contributed by atoms with Gasteiger partial charge in [-0.1, -0.05) is 0 Å². The molecule has 1 atom stereocenters. The summed E-state index contributed by atoms with van der Waals surface area (Å²) >= 11 is 0. The van der Waals surface area contributed by atoms with Crippen LogP contribution in [0.25, 0.3) is 10.9 Å². The van der Waals surface area contributed by atoms with Crippen molar-refractivity contribution in [2.45, 2.75) is 26.8 Å². The number of nitrogens with one attached hydrogen (secondary N) is 2. The van der Waals surface area contributed by atoms with Crippen molar-refractivity contribution in [2.75, 3.05) is 6.54 Å². The Labute approximate surface area is 127 Å². The first-order valence-electron chi connectivity index (χ1n) is 7.08. The van der Waals surface area contributed by atoms with Gasteiger partial charge in [-0.25, -0.2) is 4.39 Å². The van der Waals surface area contributed by atoms with Gasteiger partial charge in [0.2, 0.25) is 5.91 Å². The number of hydrogen-bond donors (Lipinski definition) is 2. The summed E-state index contributed by atoms with van der Waals surface area (Å²) in [5, 5.41) is 5.94. The molecular formula is C16H18FN3O2. The van der Waals surface area contributed by atoms with Gasteiger partial charge in [-0.2, -0.15) is 0 Å². The number of nitrogens with zero attached hydrogens (tertiary/aromatic N) is 1. The number of aromatic nitrogens is 1. The lowest BCUT2D eigenvalue weighted by Gasteiger charge is -2.14. The molecule has 0 bridgehead atoms. The van der Waals surface area contributed by atoms with Crippen LogP contribution in [0, 0.1) is 12.7 Å². The minimum atomic E-state index is -0.643. The SMILES string of the molecule is CCNC(=O)C(C)NC(=O)c1cc2ccc(F)cc2nc1C. The summed E-state index contributed by atoms with van der Waals surface area (Å²) in [5.74, 6) is -0.999. The van der Waals surface area contributed by atoms with Crippen LogP contribution in [0.3, 0.4) is 0 Å². The second kappa shape index (κ2) is 6.51. The number of carbonyl (C=O) groups excluding carboxylic acids is 2. The third-order valence-corrected chi connectivity index (χ3v) is 3.31. The second-order valence-corrected chi connectivity index (χ2v) is 5.05. The van der Waals surface area contributed by atoms with E-state index in [1.807, 2.05) is 6.92 Å². The first kappa shape index (κ1) is 15.9. The number of hydrogen-bond acceptors (Lipinski definition) is 3. The number of aryl methyl sites for hydroxylation is 1. The Balaban J connectivity index is 2.26. The largest absolute Gasteiger partial charge is 0.355 e. The fourth-order valence-corrected chi connectivity index (χ4v) is 2.13. The van der Waals surface area contributed by atoms with Crippen molar-refractivity contribution in [1.82, 2.24) is 15.6 Å². The zero-order chi connectivity index (χ0) is 16.3. The van der Waals surface area contributed by atoms with E-state index in [1.54, 1.807) is 26.0 Å². The molecule has 2 aromatic rings. The Morgan fingerprint density at radius 2 is 2.05 bits per heavy atom. The first-order chi connectivity index (χ1) is 10.4. The van der Waals surface area contributed by atoms with Crippen molar-refractivity contribution < 1.29 is 14.0 Å². The minimum absolute atomic E-state index is 0.246. The topological polar surface area (TPSA) is 71.1 Å². The lowest BCUT2D eigenvalue weighted by molar-refractivity contribution is -0.122. The molecule has 116 valence electrons. The van der Waals surface area contributed by atoms with Crippen molar-refractivity contribution in [2.24, 2.45) is 0 Å². The second-order valence-electron chi connectivity index (χ2n) is 5.05. The molecule has 0 aliphatic carbocycles. The normalized spacial score (nSPS) is 12.0. The van der Waals surface area contributed by atoms with E-state index < -0.39 is 6.04 Å². The maximum atomic E-state index is 13.2. The first-order valence-corrected chi connectivity index (χ1v) is 7.08. The molecule has 22 heavy (non-hydrogen) atoms. The summed E-state index contributed by atoms with van der Waals surface area (Å²) in [5.41, 5.74) is 1.35. The molecule has 0 radical (unpaired) electrons. The molecule has 2 N–H and O–H groups in total. The molecule has 2 amide bonds. The summed E-state index contributed by atoms with van der Waals surface area (Å²) in [4.78, 5) is 28.2. The van der Waals surface area contributed by atoms with Crippen molar-refractivity contribution in [3.05, 3.63) is 41.3 Å². The van der Waals surface area contributed by atoms with Gasteiger partial charge >= 0.3 is 0 Å². The molecule has 1 aromatic carbocycles. The Hall–Kier alpha value is -2.50. The van der Waals surface area contributed by atoms with Gasteiger partial charge in [0.25, 0.3) is 5.91 Å². The highest BCUT2D eigenvalue weighted by atomic mass is 19.1. The van der Waals surface area contributed by atoms with Crippen LogP contribution in [-0.4, -0.2) is 29.4 Å². The van der Waals surface area contributed by atoms with Crippen molar-refractivity contribution >= 4 is 22.7 Å². The smallest absolute Gasteiger partial charge is 0.253 e. The zero-order valence-corrected chi connectivity index (χ0v) is 12.7. The van der Waals surface area contributed by atoms with Gasteiger partial charge in [0.05, 0.1) is 16.8 Å². The Bertz CT molecular complexity index is 731. The summed E-state index contributed by atoms with van der Waals surface area (Å²) in [7, 11) is 0. The molecule has 1 unspecified atom stereocenters. The van der Waals surface area contributed by atoms with E-state index in [-0.39, 0.29) is 17.6 Å². The molecule has 0 aliphatic heterocycles. The molecule has 0 saturated heterocycles. The molecular weight excluding hydrogens is 285 g/mol. The van der Waals surface area contributed by atoms with Gasteiger partial charge < -0.3 is 10.6 Å². The van der Waals surface area contributed by atoms with E-state index >= 15 is 0 Å². The monoisotopic (exact) mass is 303 g/mol. The van der Waals surface area contributed by atoms with Crippen LogP contribution in [-0.2, 0) is 4.79 Å². The third-order valence-electron chi connectivity index (χ3n) is 3.31. The molecule has 2 rings (SSSR count). The van der Waals surface area contributed by atoms with Crippen LogP contribution >= 0.6 is 0 Å². The number of benzene rings is 1. The van der Waals surface area contributed by atoms with Crippen LogP contribution in [0.2, 0.25) is 0 Å². The third kappa shape index (κ3) is 3.39. The van der Waals surface area contributed by atoms with Crippen LogP contribution in [0.4, 0.5) is 4.39 Å². The summed E-state index contributed by atoms with van der Waals surface area (Å²) in [6, 6.07) is 5.22. The highest BCUT2D eigenvalue weighted by Gasteiger charge is 2.18. The molecule has 0 fully saturated rings. The van der Waals surface area contributed by atoms with Gasteiger partial charge in [-0.15, -0.1) is 0 Å². The highest BCUT2D eigenvalue weighted by Crippen LogP contribution is 2.17. The van der Waals surface area contributed by atoms with Gasteiger partial charge in [0.1, 0.15) is 11.9 Å². The quantitative estimate of drug-likeness (QED) is 0.906. The van der Waals surface area contributed by atoms with E-state index in [1.165, 1.54) is 12.1 Å². The number of rotatable bonds is 4. The number of likely N-dealkylation sites (N-methyl/N-ethyl adjacent to an activating group) is 1. The van der Waals surface area contributed by atoms with Crippen LogP contribution < -0.4 is 10.6 Å². The Morgan fingerprint density at radius 1 is 1.32 bits per heavy atom. The lowest BCUT2D eigenvalue weighted by Crippen LogP contribution is -2.44. The van der Waals surface area contributed by atoms with Crippen LogP contribution in [0.15, 0.2) is 24.3 Å². The Morgan fingerprint density at radius 3 is 2.73 bits per heavy atom. The van der Waals surface area contributed by atoms with E-state index in [9.17, 15) is 14.0 Å². The standard InChI is InChI=1S/C16H18FN3O2/c1-4-18-15(21)10(3)20-16(22)13-7-11-5-6-12(17)8-14(11)19-9(13)2/h5-8,10H,4H2,1-3H3,(H,18,21)(H,20,22). The number of halogens is 1. The van der Waals surface area contributed by atoms with Gasteiger partial charge in [0.15, 0.2) is 0 Å². The van der Waals surface area contributed by atoms with Gasteiger partial charge in [0, 0.05) is 18.0 Å². The van der Waals surface area contributed by atoms with E-state index in [4.69, 9.17) is 0 Å². The Kier molecular flexibility index (Phi) is 4.70. The van der Waals surface area contributed by atoms with E-state index in [0.717, 1.165) is 0 Å². The maximum absolute atomic E-state index is 13.2. The molecule has 6 heteroatoms. The minimum Gasteiger partial charge on any atom is -0.355 e. The van der Waals surface area contributed by atoms with Gasteiger partial charge in [-0.3, -0.25) is 14.6 Å². The van der Waals surface area contributed by atoms with E-state index in [0.29, 0.717) is 28.7 Å². The summed E-state index contributed by atoms with van der Waals surface area (Å²) in [6.07, 6.45) is 0. The maximum Gasteiger partial charge on any atom is 0.253 e. The van der Waals surface area contributed by atoms with Crippen LogP contribution in [0.5, 0.6) is 0 Å². The molecule has 5 nitrogen and oxygen atoms in total. The number of pyridine rings is 1. The molecule has 0 spiro atoms. The average molecular weight is 303 g/mol. The number of carbonyl (C=O) groups is 2. The summed E-state index contributed by atoms with van der Waals surface area (Å²) in [6.45, 7) is 5.60. The molecule has 0 aliphatic rings. The van der Waals surface area contributed by atoms with Crippen molar-refractivity contribution in [1.29, 1.82) is 0 Å². The lowest BCUT2D eigenvalue weighted by atomic mass is 10.1. The molecule has 1 aromatic heterocycles. The van der Waals surface area contributed by atoms with Gasteiger partial charge in [-0.05, 0) is 39.0 Å². The predicted octanol–water partition coefficient (Wildman–Crippen LogP) is 1.94. The van der Waals surface area contributed by atoms with Crippen molar-refractivity contribution in [3.8, 4) is 0 Å². The fraction of sp³-hybridized carbons (Fsp3) is 0.312. The van der Waals surface area contributed by atoms with Crippen LogP contribution in [0.1, 0.15) is 29.9 Å². The highest BCUT2D eigenvalue weighted by molar-refractivity contribution is 6.00. The number of fused-ring (bicyclic) bond motifs is 1. The fourth-order valence-electron chi connectivity index (χ4n) is 2.13. The predicted molar refractivity (Wildman–Crippen MR) is 82.0 cm³/mol. The molecule has 1 heterocycles. The molecule has 0 saturated carbocycles. The number of amides is 2. The van der Waals surface area contributed by atoms with Crippen molar-refractivity contribution in [3.63, 3.8) is 0 Å². The average Bonchev–Trinajstić information content (AvgIpc) is 2.46. The van der Waals surface area contributed by atoms with E-state index in [2.05, 4.69) is 15.6 Å².